The van der Waals surface area contributed by atoms with Crippen molar-refractivity contribution in [2.75, 3.05) is 0 Å². The summed E-state index contributed by atoms with van der Waals surface area (Å²) in [5, 5.41) is 7.38. The molecule has 2 atom stereocenters. The zero-order valence-corrected chi connectivity index (χ0v) is 13.1. The Labute approximate surface area is 125 Å². The van der Waals surface area contributed by atoms with Crippen LogP contribution in [0.5, 0.6) is 0 Å². The molecule has 6 heteroatoms. The van der Waals surface area contributed by atoms with E-state index in [2.05, 4.69) is 10.8 Å². The molecule has 21 heavy (non-hydrogen) atoms. The molecular formula is C15H21NO4S. The average molecular weight is 311 g/mol. The molecule has 2 N–H and O–H groups in total. The third kappa shape index (κ3) is 3.63. The molecule has 0 fully saturated rings. The number of rotatable bonds is 5. The number of hydrogen-bond donors (Lipinski definition) is 2. The van der Waals surface area contributed by atoms with Crippen LogP contribution in [-0.4, -0.2) is 24.7 Å². The van der Waals surface area contributed by atoms with Crippen LogP contribution in [0.4, 0.5) is 0 Å². The Balaban J connectivity index is 2.17. The molecule has 0 heterocycles. The van der Waals surface area contributed by atoms with E-state index in [0.29, 0.717) is 0 Å². The first-order valence-electron chi connectivity index (χ1n) is 7.17. The minimum absolute atomic E-state index is 0.441. The van der Waals surface area contributed by atoms with Crippen LogP contribution in [-0.2, 0) is 27.7 Å². The number of fused-ring (bicyclic) bond motifs is 1. The maximum atomic E-state index is 12.0. The molecule has 0 bridgehead atoms. The van der Waals surface area contributed by atoms with E-state index in [0.717, 1.165) is 24.8 Å². The molecule has 2 unspecified atom stereocenters. The van der Waals surface area contributed by atoms with E-state index >= 15 is 0 Å². The predicted molar refractivity (Wildman–Crippen MR) is 80.7 cm³/mol. The van der Waals surface area contributed by atoms with E-state index < -0.39 is 27.3 Å². The van der Waals surface area contributed by atoms with Crippen LogP contribution in [0.25, 0.3) is 0 Å². The average Bonchev–Trinajstić information content (AvgIpc) is 2.45. The number of aryl methyl sites for hydroxylation is 2. The van der Waals surface area contributed by atoms with Gasteiger partial charge in [0.05, 0.1) is 0 Å². The van der Waals surface area contributed by atoms with Crippen LogP contribution < -0.4 is 4.72 Å². The van der Waals surface area contributed by atoms with Gasteiger partial charge in [-0.2, -0.15) is 0 Å². The standard InChI is InChI=1S/C15H21NO4S/c1-10(16-21(19,20)11(2)15(17)18)13-8-7-12-5-3-4-6-14(12)9-13/h7-11,16H,3-6H2,1-2H3,(H,17,18). The molecule has 2 rings (SSSR count). The highest BCUT2D eigenvalue weighted by atomic mass is 32.2. The van der Waals surface area contributed by atoms with Gasteiger partial charge in [0.2, 0.25) is 10.0 Å². The molecular weight excluding hydrogens is 290 g/mol. The molecule has 0 spiro atoms. The topological polar surface area (TPSA) is 83.5 Å². The normalized spacial score (nSPS) is 17.8. The second-order valence-corrected chi connectivity index (χ2v) is 7.63. The van der Waals surface area contributed by atoms with E-state index in [4.69, 9.17) is 5.11 Å². The Hall–Kier alpha value is -1.40. The lowest BCUT2D eigenvalue weighted by molar-refractivity contribution is -0.136. The molecule has 0 saturated carbocycles. The highest BCUT2D eigenvalue weighted by Gasteiger charge is 2.29. The van der Waals surface area contributed by atoms with Gasteiger partial charge in [0.25, 0.3) is 0 Å². The van der Waals surface area contributed by atoms with Gasteiger partial charge in [0, 0.05) is 6.04 Å². The van der Waals surface area contributed by atoms with Crippen molar-refractivity contribution in [1.29, 1.82) is 0 Å². The second kappa shape index (κ2) is 6.15. The lowest BCUT2D eigenvalue weighted by atomic mass is 9.89. The number of nitrogens with one attached hydrogen (secondary N) is 1. The Bertz CT molecular complexity index is 639. The largest absolute Gasteiger partial charge is 0.480 e. The smallest absolute Gasteiger partial charge is 0.323 e. The molecule has 1 aromatic carbocycles. The molecule has 0 aliphatic heterocycles. The molecule has 0 amide bonds. The van der Waals surface area contributed by atoms with Crippen molar-refractivity contribution in [3.8, 4) is 0 Å². The number of benzene rings is 1. The summed E-state index contributed by atoms with van der Waals surface area (Å²) in [5.41, 5.74) is 3.48. The van der Waals surface area contributed by atoms with Crippen LogP contribution in [0, 0.1) is 0 Å². The fourth-order valence-corrected chi connectivity index (χ4v) is 3.67. The van der Waals surface area contributed by atoms with Crippen molar-refractivity contribution >= 4 is 16.0 Å². The number of sulfonamides is 1. The SMILES string of the molecule is CC(NS(=O)(=O)C(C)C(=O)O)c1ccc2c(c1)CCCC2. The molecule has 5 nitrogen and oxygen atoms in total. The number of carboxylic acids is 1. The lowest BCUT2D eigenvalue weighted by Gasteiger charge is -2.20. The second-order valence-electron chi connectivity index (χ2n) is 5.60. The quantitative estimate of drug-likeness (QED) is 0.871. The van der Waals surface area contributed by atoms with Gasteiger partial charge in [0.1, 0.15) is 0 Å². The van der Waals surface area contributed by atoms with Gasteiger partial charge in [-0.05, 0) is 56.2 Å². The fourth-order valence-electron chi connectivity index (χ4n) is 2.57. The van der Waals surface area contributed by atoms with Crippen molar-refractivity contribution in [2.45, 2.75) is 50.8 Å². The Kier molecular flexibility index (Phi) is 4.68. The van der Waals surface area contributed by atoms with Gasteiger partial charge in [-0.1, -0.05) is 18.2 Å². The van der Waals surface area contributed by atoms with Crippen molar-refractivity contribution < 1.29 is 18.3 Å². The van der Waals surface area contributed by atoms with Gasteiger partial charge >= 0.3 is 5.97 Å². The summed E-state index contributed by atoms with van der Waals surface area (Å²) in [6, 6.07) is 5.56. The van der Waals surface area contributed by atoms with Crippen LogP contribution in [0.15, 0.2) is 18.2 Å². The third-order valence-corrected chi connectivity index (χ3v) is 5.84. The van der Waals surface area contributed by atoms with E-state index in [1.165, 1.54) is 24.5 Å². The zero-order chi connectivity index (χ0) is 15.6. The highest BCUT2D eigenvalue weighted by molar-refractivity contribution is 7.90. The van der Waals surface area contributed by atoms with Crippen LogP contribution >= 0.6 is 0 Å². The summed E-state index contributed by atoms with van der Waals surface area (Å²) in [6.07, 6.45) is 4.46. The number of aliphatic carboxylic acids is 1. The van der Waals surface area contributed by atoms with Gasteiger partial charge in [-0.3, -0.25) is 4.79 Å². The number of hydrogen-bond acceptors (Lipinski definition) is 3. The first-order chi connectivity index (χ1) is 9.81. The van der Waals surface area contributed by atoms with E-state index in [1.54, 1.807) is 6.92 Å². The maximum absolute atomic E-state index is 12.0. The molecule has 0 radical (unpaired) electrons. The number of carbonyl (C=O) groups is 1. The molecule has 116 valence electrons. The van der Waals surface area contributed by atoms with Crippen molar-refractivity contribution in [1.82, 2.24) is 4.72 Å². The first-order valence-corrected chi connectivity index (χ1v) is 8.71. The van der Waals surface area contributed by atoms with Crippen LogP contribution in [0.2, 0.25) is 0 Å². The molecule has 1 aliphatic carbocycles. The predicted octanol–water partition coefficient (Wildman–Crippen LogP) is 2.02. The first kappa shape index (κ1) is 16.0. The van der Waals surface area contributed by atoms with E-state index in [1.807, 2.05) is 12.1 Å². The highest BCUT2D eigenvalue weighted by Crippen LogP contribution is 2.25. The van der Waals surface area contributed by atoms with Gasteiger partial charge < -0.3 is 5.11 Å². The minimum atomic E-state index is -3.88. The third-order valence-electron chi connectivity index (χ3n) is 4.03. The summed E-state index contributed by atoms with van der Waals surface area (Å²) < 4.78 is 26.4. The molecule has 0 saturated heterocycles. The fraction of sp³-hybridized carbons (Fsp3) is 0.533. The lowest BCUT2D eigenvalue weighted by Crippen LogP contribution is -2.38. The van der Waals surface area contributed by atoms with Crippen molar-refractivity contribution in [3.63, 3.8) is 0 Å². The summed E-state index contributed by atoms with van der Waals surface area (Å²) >= 11 is 0. The van der Waals surface area contributed by atoms with Gasteiger partial charge in [-0.15, -0.1) is 0 Å². The zero-order valence-electron chi connectivity index (χ0n) is 12.3. The molecule has 1 aromatic rings. The molecule has 1 aliphatic rings. The summed E-state index contributed by atoms with van der Waals surface area (Å²) in [5.74, 6) is -1.35. The van der Waals surface area contributed by atoms with Gasteiger partial charge in [-0.25, -0.2) is 13.1 Å². The molecule has 0 aromatic heterocycles. The summed E-state index contributed by atoms with van der Waals surface area (Å²) in [6.45, 7) is 2.90. The van der Waals surface area contributed by atoms with Gasteiger partial charge in [0.15, 0.2) is 5.25 Å². The van der Waals surface area contributed by atoms with Crippen LogP contribution in [0.3, 0.4) is 0 Å². The number of carboxylic acid groups (broad SMARTS) is 1. The minimum Gasteiger partial charge on any atom is -0.480 e. The van der Waals surface area contributed by atoms with E-state index in [-0.39, 0.29) is 0 Å². The van der Waals surface area contributed by atoms with Crippen LogP contribution in [0.1, 0.15) is 49.4 Å². The Morgan fingerprint density at radius 2 is 1.81 bits per heavy atom. The maximum Gasteiger partial charge on any atom is 0.323 e. The van der Waals surface area contributed by atoms with Crippen molar-refractivity contribution in [2.24, 2.45) is 0 Å². The Morgan fingerprint density at radius 1 is 1.19 bits per heavy atom. The van der Waals surface area contributed by atoms with E-state index in [9.17, 15) is 13.2 Å². The monoisotopic (exact) mass is 311 g/mol. The Morgan fingerprint density at radius 3 is 2.43 bits per heavy atom. The summed E-state index contributed by atoms with van der Waals surface area (Å²) in [7, 11) is -3.88. The van der Waals surface area contributed by atoms with Crippen molar-refractivity contribution in [3.05, 3.63) is 34.9 Å². The summed E-state index contributed by atoms with van der Waals surface area (Å²) in [4.78, 5) is 10.8.